The van der Waals surface area contributed by atoms with E-state index in [0.29, 0.717) is 31.0 Å². The number of benzene rings is 2. The minimum Gasteiger partial charge on any atom is -0.493 e. The number of carbonyl (C=O) groups excluding carboxylic acids is 2. The maximum atomic E-state index is 14.0. The molecule has 2 aliphatic rings. The van der Waals surface area contributed by atoms with Gasteiger partial charge in [-0.2, -0.15) is 0 Å². The molecule has 2 saturated heterocycles. The smallest absolute Gasteiger partial charge is 0.256 e. The third-order valence-corrected chi connectivity index (χ3v) is 5.93. The first-order chi connectivity index (χ1) is 15.0. The summed E-state index contributed by atoms with van der Waals surface area (Å²) in [4.78, 5) is 28.7. The highest BCUT2D eigenvalue weighted by Crippen LogP contribution is 2.23. The third kappa shape index (κ3) is 5.03. The van der Waals surface area contributed by atoms with Crippen molar-refractivity contribution >= 4 is 11.8 Å². The van der Waals surface area contributed by atoms with E-state index in [1.165, 1.54) is 6.07 Å². The number of likely N-dealkylation sites (tertiary alicyclic amines) is 2. The molecule has 0 radical (unpaired) electrons. The maximum Gasteiger partial charge on any atom is 0.256 e. The van der Waals surface area contributed by atoms with Gasteiger partial charge in [0.05, 0.1) is 12.2 Å². The van der Waals surface area contributed by atoms with Crippen molar-refractivity contribution in [2.45, 2.75) is 25.7 Å². The van der Waals surface area contributed by atoms with Gasteiger partial charge in [-0.15, -0.1) is 0 Å². The Morgan fingerprint density at radius 2 is 1.71 bits per heavy atom. The van der Waals surface area contributed by atoms with E-state index >= 15 is 0 Å². The molecule has 2 amide bonds. The van der Waals surface area contributed by atoms with Crippen LogP contribution in [-0.4, -0.2) is 54.4 Å². The van der Waals surface area contributed by atoms with Crippen molar-refractivity contribution in [2.24, 2.45) is 5.92 Å². The summed E-state index contributed by atoms with van der Waals surface area (Å²) in [6, 6.07) is 10.2. The molecule has 0 spiro atoms. The first-order valence-electron chi connectivity index (χ1n) is 10.8. The van der Waals surface area contributed by atoms with Crippen LogP contribution in [0.5, 0.6) is 5.75 Å². The zero-order chi connectivity index (χ0) is 21.8. The lowest BCUT2D eigenvalue weighted by Gasteiger charge is -2.32. The zero-order valence-electron chi connectivity index (χ0n) is 17.4. The van der Waals surface area contributed by atoms with E-state index < -0.39 is 17.5 Å². The van der Waals surface area contributed by atoms with E-state index in [9.17, 15) is 18.4 Å². The van der Waals surface area contributed by atoms with E-state index in [4.69, 9.17) is 4.74 Å². The lowest BCUT2D eigenvalue weighted by Crippen LogP contribution is -2.41. The summed E-state index contributed by atoms with van der Waals surface area (Å²) >= 11 is 0. The van der Waals surface area contributed by atoms with Gasteiger partial charge in [0.25, 0.3) is 11.8 Å². The Labute approximate surface area is 180 Å². The number of piperidine rings is 1. The van der Waals surface area contributed by atoms with Gasteiger partial charge in [-0.1, -0.05) is 6.07 Å². The van der Waals surface area contributed by atoms with Crippen LogP contribution in [0.1, 0.15) is 46.4 Å². The topological polar surface area (TPSA) is 49.9 Å². The van der Waals surface area contributed by atoms with Crippen LogP contribution >= 0.6 is 0 Å². The fraction of sp³-hybridized carbons (Fsp3) is 0.417. The molecule has 164 valence electrons. The fourth-order valence-electron chi connectivity index (χ4n) is 4.25. The molecule has 1 atom stereocenters. The number of carbonyl (C=O) groups is 2. The summed E-state index contributed by atoms with van der Waals surface area (Å²) in [5.74, 6) is -1.23. The Hall–Kier alpha value is -2.96. The van der Waals surface area contributed by atoms with Gasteiger partial charge in [0.1, 0.15) is 17.4 Å². The van der Waals surface area contributed by atoms with Crippen molar-refractivity contribution in [1.82, 2.24) is 9.80 Å². The number of nitrogens with zero attached hydrogens (tertiary/aromatic N) is 2. The van der Waals surface area contributed by atoms with Crippen molar-refractivity contribution in [1.29, 1.82) is 0 Å². The van der Waals surface area contributed by atoms with E-state index in [1.54, 1.807) is 17.0 Å². The highest BCUT2D eigenvalue weighted by molar-refractivity contribution is 5.95. The number of ether oxygens (including phenoxy) is 1. The van der Waals surface area contributed by atoms with E-state index in [2.05, 4.69) is 0 Å². The molecule has 0 aliphatic carbocycles. The molecular weight excluding hydrogens is 402 g/mol. The molecule has 31 heavy (non-hydrogen) atoms. The summed E-state index contributed by atoms with van der Waals surface area (Å²) in [6.45, 7) is 2.97. The van der Waals surface area contributed by atoms with Gasteiger partial charge < -0.3 is 14.5 Å². The second-order valence-corrected chi connectivity index (χ2v) is 8.22. The highest BCUT2D eigenvalue weighted by atomic mass is 19.1. The van der Waals surface area contributed by atoms with Crippen molar-refractivity contribution < 1.29 is 23.1 Å². The summed E-state index contributed by atoms with van der Waals surface area (Å²) < 4.78 is 33.1. The predicted molar refractivity (Wildman–Crippen MR) is 112 cm³/mol. The first-order valence-corrected chi connectivity index (χ1v) is 10.8. The number of hydrogen-bond donors (Lipinski definition) is 0. The van der Waals surface area contributed by atoms with Crippen LogP contribution < -0.4 is 4.74 Å². The molecule has 0 bridgehead atoms. The average molecular weight is 428 g/mol. The molecule has 2 aromatic carbocycles. The van der Waals surface area contributed by atoms with Crippen LogP contribution in [-0.2, 0) is 0 Å². The number of hydrogen-bond acceptors (Lipinski definition) is 3. The standard InChI is InChI=1S/C24H26F2N2O3/c25-19-8-9-21(22(26)14-19)24(30)28-12-4-5-17(15-28)16-31-20-7-3-6-18(13-20)23(29)27-10-1-2-11-27/h3,6-9,13-14,17H,1-2,4-5,10-12,15-16H2/t17-/m1/s1. The van der Waals surface area contributed by atoms with Crippen molar-refractivity contribution in [3.8, 4) is 5.75 Å². The predicted octanol–water partition coefficient (Wildman–Crippen LogP) is 4.13. The van der Waals surface area contributed by atoms with Gasteiger partial charge in [-0.3, -0.25) is 9.59 Å². The molecule has 7 heteroatoms. The summed E-state index contributed by atoms with van der Waals surface area (Å²) in [5.41, 5.74) is 0.503. The molecule has 0 aromatic heterocycles. The zero-order valence-corrected chi connectivity index (χ0v) is 17.4. The molecule has 0 unspecified atom stereocenters. The minimum atomic E-state index is -0.845. The number of rotatable bonds is 5. The summed E-state index contributed by atoms with van der Waals surface area (Å²) in [7, 11) is 0. The molecule has 4 rings (SSSR count). The quantitative estimate of drug-likeness (QED) is 0.720. The Kier molecular flexibility index (Phi) is 6.49. The maximum absolute atomic E-state index is 14.0. The largest absolute Gasteiger partial charge is 0.493 e. The lowest BCUT2D eigenvalue weighted by molar-refractivity contribution is 0.0627. The van der Waals surface area contributed by atoms with Gasteiger partial charge in [0, 0.05) is 43.7 Å². The SMILES string of the molecule is O=C(c1cccc(OC[C@@H]2CCCN(C(=O)c3ccc(F)cc3F)C2)c1)N1CCCC1. The van der Waals surface area contributed by atoms with Crippen LogP contribution in [0.3, 0.4) is 0 Å². The molecular formula is C24H26F2N2O3. The van der Waals surface area contributed by atoms with Crippen LogP contribution in [0, 0.1) is 17.6 Å². The molecule has 2 aromatic rings. The molecule has 5 nitrogen and oxygen atoms in total. The van der Waals surface area contributed by atoms with E-state index in [-0.39, 0.29) is 17.4 Å². The van der Waals surface area contributed by atoms with Crippen LogP contribution in [0.25, 0.3) is 0 Å². The molecule has 2 aliphatic heterocycles. The molecule has 0 saturated carbocycles. The van der Waals surface area contributed by atoms with Crippen molar-refractivity contribution in [3.05, 3.63) is 65.2 Å². The van der Waals surface area contributed by atoms with Crippen LogP contribution in [0.4, 0.5) is 8.78 Å². The Bertz CT molecular complexity index is 960. The second kappa shape index (κ2) is 9.45. The monoisotopic (exact) mass is 428 g/mol. The molecule has 2 fully saturated rings. The van der Waals surface area contributed by atoms with Gasteiger partial charge in [0.2, 0.25) is 0 Å². The van der Waals surface area contributed by atoms with E-state index in [1.807, 2.05) is 17.0 Å². The van der Waals surface area contributed by atoms with Crippen molar-refractivity contribution in [2.75, 3.05) is 32.8 Å². The lowest BCUT2D eigenvalue weighted by atomic mass is 9.98. The van der Waals surface area contributed by atoms with Gasteiger partial charge in [0.15, 0.2) is 0 Å². The molecule has 0 N–H and O–H groups in total. The van der Waals surface area contributed by atoms with E-state index in [0.717, 1.165) is 50.9 Å². The third-order valence-electron chi connectivity index (χ3n) is 5.93. The second-order valence-electron chi connectivity index (χ2n) is 8.22. The Morgan fingerprint density at radius 3 is 2.48 bits per heavy atom. The van der Waals surface area contributed by atoms with Crippen molar-refractivity contribution in [3.63, 3.8) is 0 Å². The minimum absolute atomic E-state index is 0.0266. The molecule has 2 heterocycles. The Balaban J connectivity index is 1.35. The number of halogens is 2. The van der Waals surface area contributed by atoms with Crippen LogP contribution in [0.15, 0.2) is 42.5 Å². The summed E-state index contributed by atoms with van der Waals surface area (Å²) in [6.07, 6.45) is 3.76. The highest BCUT2D eigenvalue weighted by Gasteiger charge is 2.27. The normalized spacial score (nSPS) is 18.8. The van der Waals surface area contributed by atoms with Crippen LogP contribution in [0.2, 0.25) is 0 Å². The van der Waals surface area contributed by atoms with Gasteiger partial charge in [-0.05, 0) is 56.0 Å². The fourth-order valence-corrected chi connectivity index (χ4v) is 4.25. The Morgan fingerprint density at radius 1 is 0.935 bits per heavy atom. The number of amides is 2. The van der Waals surface area contributed by atoms with Gasteiger partial charge >= 0.3 is 0 Å². The average Bonchev–Trinajstić information content (AvgIpc) is 3.32. The first kappa shape index (κ1) is 21.3. The van der Waals surface area contributed by atoms with Gasteiger partial charge in [-0.25, -0.2) is 8.78 Å². The summed E-state index contributed by atoms with van der Waals surface area (Å²) in [5, 5.41) is 0.